The molecule has 3 N–H and O–H groups in total. The summed E-state index contributed by atoms with van der Waals surface area (Å²) in [4.78, 5) is 25.5. The van der Waals surface area contributed by atoms with E-state index in [1.807, 2.05) is 11.9 Å². The standard InChI is InChI=1S/C15H27N3O2/c1-17-15(7-3-2-4-8-15)11-13(19)18-9-5-12(6-10-18)14(16)20/h12,17H,2-11H2,1H3,(H2,16,20). The summed E-state index contributed by atoms with van der Waals surface area (Å²) in [5.41, 5.74) is 5.32. The van der Waals surface area contributed by atoms with E-state index in [1.54, 1.807) is 0 Å². The van der Waals surface area contributed by atoms with Gasteiger partial charge in [-0.25, -0.2) is 0 Å². The van der Waals surface area contributed by atoms with Crippen molar-refractivity contribution in [2.75, 3.05) is 20.1 Å². The molecule has 2 amide bonds. The first-order chi connectivity index (χ1) is 9.56. The maximum Gasteiger partial charge on any atom is 0.224 e. The number of primary amides is 1. The topological polar surface area (TPSA) is 75.4 Å². The van der Waals surface area contributed by atoms with Crippen molar-refractivity contribution in [1.29, 1.82) is 0 Å². The number of nitrogens with zero attached hydrogens (tertiary/aromatic N) is 1. The molecule has 2 rings (SSSR count). The molecule has 1 heterocycles. The summed E-state index contributed by atoms with van der Waals surface area (Å²) >= 11 is 0. The van der Waals surface area contributed by atoms with Gasteiger partial charge < -0.3 is 16.0 Å². The molecule has 0 aromatic rings. The minimum atomic E-state index is -0.226. The van der Waals surface area contributed by atoms with E-state index < -0.39 is 0 Å². The molecule has 0 radical (unpaired) electrons. The molecule has 1 aliphatic carbocycles. The van der Waals surface area contributed by atoms with Crippen LogP contribution in [0.2, 0.25) is 0 Å². The smallest absolute Gasteiger partial charge is 0.224 e. The fourth-order valence-corrected chi connectivity index (χ4v) is 3.56. The highest BCUT2D eigenvalue weighted by atomic mass is 16.2. The number of carbonyl (C=O) groups is 2. The van der Waals surface area contributed by atoms with Crippen molar-refractivity contribution in [1.82, 2.24) is 10.2 Å². The van der Waals surface area contributed by atoms with Gasteiger partial charge in [0, 0.05) is 31.0 Å². The maximum atomic E-state index is 12.5. The average molecular weight is 281 g/mol. The molecule has 20 heavy (non-hydrogen) atoms. The molecular weight excluding hydrogens is 254 g/mol. The summed E-state index contributed by atoms with van der Waals surface area (Å²) in [6.07, 6.45) is 7.89. The third-order valence-electron chi connectivity index (χ3n) is 5.08. The molecule has 0 aromatic heterocycles. The first kappa shape index (κ1) is 15.3. The first-order valence-electron chi connectivity index (χ1n) is 7.82. The Morgan fingerprint density at radius 2 is 1.80 bits per heavy atom. The van der Waals surface area contributed by atoms with Crippen LogP contribution >= 0.6 is 0 Å². The van der Waals surface area contributed by atoms with Crippen LogP contribution in [-0.4, -0.2) is 42.4 Å². The number of hydrogen-bond acceptors (Lipinski definition) is 3. The Balaban J connectivity index is 1.87. The Kier molecular flexibility index (Phi) is 5.02. The molecule has 1 saturated heterocycles. The molecule has 114 valence electrons. The molecule has 2 fully saturated rings. The van der Waals surface area contributed by atoms with E-state index in [-0.39, 0.29) is 23.3 Å². The molecule has 2 aliphatic rings. The van der Waals surface area contributed by atoms with Crippen molar-refractivity contribution < 1.29 is 9.59 Å². The molecule has 5 nitrogen and oxygen atoms in total. The highest BCUT2D eigenvalue weighted by Gasteiger charge is 2.35. The van der Waals surface area contributed by atoms with Crippen molar-refractivity contribution >= 4 is 11.8 Å². The van der Waals surface area contributed by atoms with E-state index in [9.17, 15) is 9.59 Å². The van der Waals surface area contributed by atoms with Crippen LogP contribution in [0.5, 0.6) is 0 Å². The van der Waals surface area contributed by atoms with E-state index in [2.05, 4.69) is 5.32 Å². The Bertz CT molecular complexity index is 356. The molecule has 0 bridgehead atoms. The van der Waals surface area contributed by atoms with E-state index in [0.29, 0.717) is 32.4 Å². The lowest BCUT2D eigenvalue weighted by atomic mass is 9.79. The van der Waals surface area contributed by atoms with Crippen molar-refractivity contribution in [2.24, 2.45) is 11.7 Å². The summed E-state index contributed by atoms with van der Waals surface area (Å²) in [5.74, 6) is -0.0489. The second kappa shape index (κ2) is 6.57. The van der Waals surface area contributed by atoms with Crippen LogP contribution in [-0.2, 0) is 9.59 Å². The Morgan fingerprint density at radius 1 is 1.20 bits per heavy atom. The number of amides is 2. The van der Waals surface area contributed by atoms with Crippen molar-refractivity contribution in [3.05, 3.63) is 0 Å². The zero-order valence-electron chi connectivity index (χ0n) is 12.5. The lowest BCUT2D eigenvalue weighted by Gasteiger charge is -2.39. The zero-order chi connectivity index (χ0) is 14.6. The predicted octanol–water partition coefficient (Wildman–Crippen LogP) is 1.02. The van der Waals surface area contributed by atoms with Crippen LogP contribution in [0.25, 0.3) is 0 Å². The van der Waals surface area contributed by atoms with Gasteiger partial charge in [0.1, 0.15) is 0 Å². The number of carbonyl (C=O) groups excluding carboxylic acids is 2. The molecule has 0 atom stereocenters. The Morgan fingerprint density at radius 3 is 2.30 bits per heavy atom. The fourth-order valence-electron chi connectivity index (χ4n) is 3.56. The van der Waals surface area contributed by atoms with Gasteiger partial charge in [-0.1, -0.05) is 19.3 Å². The lowest BCUT2D eigenvalue weighted by Crippen LogP contribution is -2.50. The van der Waals surface area contributed by atoms with Gasteiger partial charge in [-0.05, 0) is 32.7 Å². The van der Waals surface area contributed by atoms with Crippen LogP contribution in [0.3, 0.4) is 0 Å². The number of likely N-dealkylation sites (tertiary alicyclic amines) is 1. The molecule has 0 unspecified atom stereocenters. The average Bonchev–Trinajstić information content (AvgIpc) is 2.48. The first-order valence-corrected chi connectivity index (χ1v) is 7.82. The third-order valence-corrected chi connectivity index (χ3v) is 5.08. The summed E-state index contributed by atoms with van der Waals surface area (Å²) < 4.78 is 0. The van der Waals surface area contributed by atoms with Crippen molar-refractivity contribution in [2.45, 2.75) is 56.9 Å². The quantitative estimate of drug-likeness (QED) is 0.808. The summed E-state index contributed by atoms with van der Waals surface area (Å²) in [6.45, 7) is 1.35. The third kappa shape index (κ3) is 3.51. The predicted molar refractivity (Wildman–Crippen MR) is 78.0 cm³/mol. The highest BCUT2D eigenvalue weighted by Crippen LogP contribution is 2.31. The van der Waals surface area contributed by atoms with Gasteiger partial charge in [0.2, 0.25) is 11.8 Å². The molecular formula is C15H27N3O2. The Hall–Kier alpha value is -1.10. The van der Waals surface area contributed by atoms with Gasteiger partial charge in [0.25, 0.3) is 0 Å². The molecule has 0 aromatic carbocycles. The largest absolute Gasteiger partial charge is 0.369 e. The van der Waals surface area contributed by atoms with E-state index >= 15 is 0 Å². The molecule has 1 saturated carbocycles. The van der Waals surface area contributed by atoms with Crippen LogP contribution < -0.4 is 11.1 Å². The van der Waals surface area contributed by atoms with Crippen LogP contribution in [0.1, 0.15) is 51.4 Å². The SMILES string of the molecule is CNC1(CC(=O)N2CCC(C(N)=O)CC2)CCCCC1. The summed E-state index contributed by atoms with van der Waals surface area (Å²) in [7, 11) is 1.97. The monoisotopic (exact) mass is 281 g/mol. The number of nitrogens with one attached hydrogen (secondary N) is 1. The van der Waals surface area contributed by atoms with E-state index in [0.717, 1.165) is 12.8 Å². The van der Waals surface area contributed by atoms with Gasteiger partial charge in [0.15, 0.2) is 0 Å². The second-order valence-corrected chi connectivity index (χ2v) is 6.33. The van der Waals surface area contributed by atoms with Gasteiger partial charge in [-0.3, -0.25) is 9.59 Å². The normalized spacial score (nSPS) is 23.6. The fraction of sp³-hybridized carbons (Fsp3) is 0.867. The number of nitrogens with two attached hydrogens (primary N) is 1. The van der Waals surface area contributed by atoms with Gasteiger partial charge in [0.05, 0.1) is 0 Å². The molecule has 1 aliphatic heterocycles. The number of hydrogen-bond donors (Lipinski definition) is 2. The summed E-state index contributed by atoms with van der Waals surface area (Å²) in [5, 5.41) is 3.39. The maximum absolute atomic E-state index is 12.5. The van der Waals surface area contributed by atoms with Crippen LogP contribution in [0.4, 0.5) is 0 Å². The van der Waals surface area contributed by atoms with Crippen LogP contribution in [0.15, 0.2) is 0 Å². The number of rotatable bonds is 4. The Labute approximate surface area is 121 Å². The minimum absolute atomic E-state index is 0.00410. The van der Waals surface area contributed by atoms with E-state index in [4.69, 9.17) is 5.73 Å². The van der Waals surface area contributed by atoms with Gasteiger partial charge in [-0.15, -0.1) is 0 Å². The van der Waals surface area contributed by atoms with Crippen molar-refractivity contribution in [3.63, 3.8) is 0 Å². The molecule has 0 spiro atoms. The summed E-state index contributed by atoms with van der Waals surface area (Å²) in [6, 6.07) is 0. The van der Waals surface area contributed by atoms with Gasteiger partial charge in [-0.2, -0.15) is 0 Å². The minimum Gasteiger partial charge on any atom is -0.369 e. The number of piperidine rings is 1. The highest BCUT2D eigenvalue weighted by molar-refractivity contribution is 5.79. The van der Waals surface area contributed by atoms with Crippen molar-refractivity contribution in [3.8, 4) is 0 Å². The van der Waals surface area contributed by atoms with Gasteiger partial charge >= 0.3 is 0 Å². The van der Waals surface area contributed by atoms with E-state index in [1.165, 1.54) is 19.3 Å². The van der Waals surface area contributed by atoms with Crippen LogP contribution in [0, 0.1) is 5.92 Å². The second-order valence-electron chi connectivity index (χ2n) is 6.33. The zero-order valence-corrected chi connectivity index (χ0v) is 12.5. The molecule has 5 heteroatoms. The lowest BCUT2D eigenvalue weighted by molar-refractivity contribution is -0.136.